The van der Waals surface area contributed by atoms with Crippen LogP contribution in [0.1, 0.15) is 12.5 Å². The zero-order valence-corrected chi connectivity index (χ0v) is 10.7. The second-order valence-corrected chi connectivity index (χ2v) is 10.1. The molecule has 1 atom stereocenters. The first-order valence-corrected chi connectivity index (χ1v) is 8.71. The molecule has 15 heavy (non-hydrogen) atoms. The van der Waals surface area contributed by atoms with Gasteiger partial charge in [-0.1, -0.05) is 12.1 Å². The van der Waals surface area contributed by atoms with Crippen LogP contribution in [0.3, 0.4) is 0 Å². The lowest BCUT2D eigenvalue weighted by Crippen LogP contribution is -2.58. The minimum atomic E-state index is -1.85. The second-order valence-electron chi connectivity index (χ2n) is 5.12. The van der Waals surface area contributed by atoms with E-state index in [4.69, 9.17) is 0 Å². The van der Waals surface area contributed by atoms with Crippen molar-refractivity contribution in [3.63, 3.8) is 0 Å². The molecule has 0 N–H and O–H groups in total. The van der Waals surface area contributed by atoms with E-state index in [2.05, 4.69) is 19.6 Å². The van der Waals surface area contributed by atoms with E-state index >= 15 is 0 Å². The molecule has 0 radical (unpaired) electrons. The van der Waals surface area contributed by atoms with E-state index in [1.807, 2.05) is 37.3 Å². The summed E-state index contributed by atoms with van der Waals surface area (Å²) >= 11 is 0. The Morgan fingerprint density at radius 3 is 2.33 bits per heavy atom. The highest BCUT2D eigenvalue weighted by atomic mass is 28.3. The Balaban J connectivity index is 2.67. The molecule has 80 valence electrons. The quantitative estimate of drug-likeness (QED) is 0.521. The molecule has 1 aromatic rings. The van der Waals surface area contributed by atoms with Gasteiger partial charge in [-0.3, -0.25) is 0 Å². The van der Waals surface area contributed by atoms with Crippen LogP contribution in [0.5, 0.6) is 0 Å². The number of quaternary nitrogens is 1. The van der Waals surface area contributed by atoms with Crippen LogP contribution in [0.2, 0.25) is 19.6 Å². The molecule has 1 aliphatic heterocycles. The van der Waals surface area contributed by atoms with Crippen LogP contribution in [0.15, 0.2) is 30.0 Å². The average molecular weight is 219 g/mol. The van der Waals surface area contributed by atoms with Crippen molar-refractivity contribution < 1.29 is 0 Å². The van der Waals surface area contributed by atoms with Crippen LogP contribution < -0.4 is 4.31 Å². The molecule has 0 saturated heterocycles. The van der Waals surface area contributed by atoms with Crippen LogP contribution in [0, 0.1) is 5.21 Å². The van der Waals surface area contributed by atoms with Crippen molar-refractivity contribution in [2.45, 2.75) is 26.6 Å². The first-order valence-electron chi connectivity index (χ1n) is 5.26. The van der Waals surface area contributed by atoms with Gasteiger partial charge in [0.15, 0.2) is 0 Å². The van der Waals surface area contributed by atoms with Gasteiger partial charge >= 0.3 is 0 Å². The number of nitrogens with zero attached hydrogens (tertiary/aromatic N) is 1. The molecular weight excluding hydrogens is 202 g/mol. The minimum Gasteiger partial charge on any atom is -0.642 e. The molecule has 0 aliphatic carbocycles. The van der Waals surface area contributed by atoms with Gasteiger partial charge in [0.05, 0.1) is 5.70 Å². The number of fused-ring (bicyclic) bond motifs is 1. The van der Waals surface area contributed by atoms with Gasteiger partial charge in [0, 0.05) is 18.6 Å². The van der Waals surface area contributed by atoms with E-state index in [0.29, 0.717) is 0 Å². The number of rotatable bonds is 1. The number of para-hydroxylation sites is 1. The third kappa shape index (κ3) is 1.31. The third-order valence-corrected chi connectivity index (χ3v) is 5.56. The van der Waals surface area contributed by atoms with Gasteiger partial charge in [-0.15, -0.1) is 0 Å². The Labute approximate surface area is 92.1 Å². The standard InChI is InChI=1S/C12H17NOSi/c1-10-9-11-7-5-6-8-12(11)13(10,14)15(2,3)4/h5-9H,1-4H3. The lowest BCUT2D eigenvalue weighted by molar-refractivity contribution is 0.681. The lowest BCUT2D eigenvalue weighted by Gasteiger charge is -2.50. The summed E-state index contributed by atoms with van der Waals surface area (Å²) in [5.74, 6) is 0. The predicted octanol–water partition coefficient (Wildman–Crippen LogP) is 3.70. The van der Waals surface area contributed by atoms with Gasteiger partial charge in [0.1, 0.15) is 5.69 Å². The summed E-state index contributed by atoms with van der Waals surface area (Å²) < 4.78 is -0.191. The molecule has 0 saturated carbocycles. The Bertz CT molecular complexity index is 433. The van der Waals surface area contributed by atoms with Gasteiger partial charge in [-0.25, -0.2) is 0 Å². The van der Waals surface area contributed by atoms with E-state index in [1.165, 1.54) is 0 Å². The van der Waals surface area contributed by atoms with Crippen molar-refractivity contribution >= 4 is 20.0 Å². The summed E-state index contributed by atoms with van der Waals surface area (Å²) in [6.07, 6.45) is 2.03. The first kappa shape index (κ1) is 10.6. The van der Waals surface area contributed by atoms with Gasteiger partial charge in [-0.2, -0.15) is 0 Å². The fraction of sp³-hybridized carbons (Fsp3) is 0.333. The summed E-state index contributed by atoms with van der Waals surface area (Å²) in [7, 11) is -1.85. The number of hydrogen-bond acceptors (Lipinski definition) is 1. The molecule has 0 bridgehead atoms. The average Bonchev–Trinajstić information content (AvgIpc) is 2.40. The molecule has 0 aromatic heterocycles. The molecule has 0 spiro atoms. The number of benzene rings is 1. The molecule has 1 heterocycles. The first-order chi connectivity index (χ1) is 6.87. The van der Waals surface area contributed by atoms with Crippen molar-refractivity contribution in [3.8, 4) is 0 Å². The highest BCUT2D eigenvalue weighted by Gasteiger charge is 2.43. The Hall–Kier alpha value is -0.903. The van der Waals surface area contributed by atoms with Crippen molar-refractivity contribution in [1.29, 1.82) is 0 Å². The molecular formula is C12H17NOSi. The summed E-state index contributed by atoms with van der Waals surface area (Å²) in [6, 6.07) is 7.93. The number of allylic oxidation sites excluding steroid dienone is 1. The minimum absolute atomic E-state index is 0.191. The van der Waals surface area contributed by atoms with E-state index < -0.39 is 8.24 Å². The van der Waals surface area contributed by atoms with Crippen LogP contribution >= 0.6 is 0 Å². The smallest absolute Gasteiger partial charge is 0.286 e. The maximum Gasteiger partial charge on any atom is 0.286 e. The SMILES string of the molecule is CC1=Cc2ccccc2[N+]1([O-])[Si](C)(C)C. The van der Waals surface area contributed by atoms with Gasteiger partial charge < -0.3 is 9.52 Å². The Morgan fingerprint density at radius 2 is 1.73 bits per heavy atom. The Kier molecular flexibility index (Phi) is 2.15. The largest absolute Gasteiger partial charge is 0.642 e. The summed E-state index contributed by atoms with van der Waals surface area (Å²) in [6.45, 7) is 8.32. The topological polar surface area (TPSA) is 23.1 Å². The van der Waals surface area contributed by atoms with Gasteiger partial charge in [0.25, 0.3) is 8.24 Å². The third-order valence-electron chi connectivity index (χ3n) is 3.08. The van der Waals surface area contributed by atoms with E-state index in [-0.39, 0.29) is 4.31 Å². The Morgan fingerprint density at radius 1 is 1.13 bits per heavy atom. The summed E-state index contributed by atoms with van der Waals surface area (Å²) in [4.78, 5) is 0. The van der Waals surface area contributed by atoms with Crippen molar-refractivity contribution in [1.82, 2.24) is 4.31 Å². The summed E-state index contributed by atoms with van der Waals surface area (Å²) in [5, 5.41) is 13.0. The van der Waals surface area contributed by atoms with E-state index in [9.17, 15) is 5.21 Å². The van der Waals surface area contributed by atoms with Crippen LogP contribution in [0.25, 0.3) is 6.08 Å². The molecule has 3 heteroatoms. The number of hydrogen-bond donors (Lipinski definition) is 0. The molecule has 2 rings (SSSR count). The second kappa shape index (κ2) is 3.04. The molecule has 0 amide bonds. The van der Waals surface area contributed by atoms with Crippen LogP contribution in [-0.4, -0.2) is 8.24 Å². The molecule has 1 aliphatic rings. The van der Waals surface area contributed by atoms with Crippen molar-refractivity contribution in [2.24, 2.45) is 0 Å². The van der Waals surface area contributed by atoms with E-state index in [0.717, 1.165) is 16.9 Å². The molecule has 2 nitrogen and oxygen atoms in total. The van der Waals surface area contributed by atoms with Crippen molar-refractivity contribution in [3.05, 3.63) is 40.7 Å². The fourth-order valence-corrected chi connectivity index (χ4v) is 4.34. The maximum atomic E-state index is 13.0. The maximum absolute atomic E-state index is 13.0. The van der Waals surface area contributed by atoms with Crippen LogP contribution in [0.4, 0.5) is 5.69 Å². The zero-order valence-electron chi connectivity index (χ0n) is 9.74. The van der Waals surface area contributed by atoms with Gasteiger partial charge in [-0.05, 0) is 31.8 Å². The molecule has 1 unspecified atom stereocenters. The zero-order chi connectivity index (χ0) is 11.3. The number of hydroxylamine groups is 1. The normalized spacial score (nSPS) is 25.0. The van der Waals surface area contributed by atoms with Crippen LogP contribution in [-0.2, 0) is 0 Å². The summed E-state index contributed by atoms with van der Waals surface area (Å²) in [5.41, 5.74) is 2.94. The van der Waals surface area contributed by atoms with E-state index in [1.54, 1.807) is 0 Å². The predicted molar refractivity (Wildman–Crippen MR) is 68.6 cm³/mol. The highest BCUT2D eigenvalue weighted by molar-refractivity contribution is 6.78. The van der Waals surface area contributed by atoms with Crippen molar-refractivity contribution in [2.75, 3.05) is 0 Å². The highest BCUT2D eigenvalue weighted by Crippen LogP contribution is 2.43. The molecule has 0 fully saturated rings. The van der Waals surface area contributed by atoms with Gasteiger partial charge in [0.2, 0.25) is 0 Å². The monoisotopic (exact) mass is 219 g/mol. The lowest BCUT2D eigenvalue weighted by atomic mass is 10.2. The molecule has 1 aromatic carbocycles. The fourth-order valence-electron chi connectivity index (χ4n) is 2.29.